The maximum absolute atomic E-state index is 12.6. The van der Waals surface area contributed by atoms with E-state index in [1.165, 1.54) is 5.56 Å². The second-order valence-electron chi connectivity index (χ2n) is 7.20. The van der Waals surface area contributed by atoms with Gasteiger partial charge in [-0.2, -0.15) is 11.3 Å². The molecular weight excluding hydrogens is 416 g/mol. The minimum absolute atomic E-state index is 0. The number of carbonyl (C=O) groups is 1. The summed E-state index contributed by atoms with van der Waals surface area (Å²) in [5, 5.41) is 3.81. The van der Waals surface area contributed by atoms with Crippen molar-refractivity contribution in [1.29, 1.82) is 0 Å². The van der Waals surface area contributed by atoms with Crippen LogP contribution >= 0.6 is 23.7 Å². The van der Waals surface area contributed by atoms with Crippen molar-refractivity contribution in [2.24, 2.45) is 0 Å². The molecule has 1 amide bonds. The van der Waals surface area contributed by atoms with Crippen molar-refractivity contribution in [3.8, 4) is 0 Å². The van der Waals surface area contributed by atoms with Crippen LogP contribution < -0.4 is 0 Å². The molecule has 2 aromatic rings. The Kier molecular flexibility index (Phi) is 8.07. The quantitative estimate of drug-likeness (QED) is 0.689. The van der Waals surface area contributed by atoms with Crippen molar-refractivity contribution >= 4 is 39.5 Å². The van der Waals surface area contributed by atoms with Gasteiger partial charge in [0.15, 0.2) is 9.84 Å². The van der Waals surface area contributed by atoms with Crippen LogP contribution in [0.2, 0.25) is 0 Å². The lowest BCUT2D eigenvalue weighted by atomic mass is 10.1. The van der Waals surface area contributed by atoms with E-state index >= 15 is 0 Å². The molecule has 8 heteroatoms. The molecule has 1 aromatic carbocycles. The van der Waals surface area contributed by atoms with E-state index in [9.17, 15) is 13.2 Å². The molecule has 0 spiro atoms. The van der Waals surface area contributed by atoms with Crippen LogP contribution in [-0.2, 0) is 27.6 Å². The van der Waals surface area contributed by atoms with Gasteiger partial charge in [0, 0.05) is 32.7 Å². The lowest BCUT2D eigenvalue weighted by Gasteiger charge is -2.34. The van der Waals surface area contributed by atoms with E-state index in [0.717, 1.165) is 38.3 Å². The Labute approximate surface area is 177 Å². The van der Waals surface area contributed by atoms with E-state index in [0.29, 0.717) is 11.3 Å². The average Bonchev–Trinajstić information content (AvgIpc) is 3.15. The first-order valence-corrected chi connectivity index (χ1v) is 11.7. The summed E-state index contributed by atoms with van der Waals surface area (Å²) in [5.41, 5.74) is 2.18. The highest BCUT2D eigenvalue weighted by molar-refractivity contribution is 7.92. The van der Waals surface area contributed by atoms with Gasteiger partial charge in [0.2, 0.25) is 5.91 Å². The highest BCUT2D eigenvalue weighted by atomic mass is 35.5. The van der Waals surface area contributed by atoms with Crippen LogP contribution in [-0.4, -0.2) is 55.6 Å². The largest absolute Gasteiger partial charge is 0.340 e. The summed E-state index contributed by atoms with van der Waals surface area (Å²) < 4.78 is 24.4. The second kappa shape index (κ2) is 9.87. The molecule has 0 radical (unpaired) electrons. The van der Waals surface area contributed by atoms with Crippen LogP contribution in [0, 0.1) is 0 Å². The number of hydrogen-bond donors (Lipinski definition) is 0. The van der Waals surface area contributed by atoms with Crippen LogP contribution in [0.3, 0.4) is 0 Å². The van der Waals surface area contributed by atoms with Crippen molar-refractivity contribution < 1.29 is 13.2 Å². The Bertz CT molecular complexity index is 857. The highest BCUT2D eigenvalue weighted by Crippen LogP contribution is 2.17. The van der Waals surface area contributed by atoms with Crippen LogP contribution in [0.25, 0.3) is 0 Å². The van der Waals surface area contributed by atoms with Crippen LogP contribution in [0.15, 0.2) is 46.0 Å². The molecule has 0 bridgehead atoms. The number of benzene rings is 1. The molecule has 0 aliphatic carbocycles. The van der Waals surface area contributed by atoms with E-state index in [1.807, 2.05) is 4.90 Å². The molecule has 1 fully saturated rings. The third kappa shape index (κ3) is 5.56. The summed E-state index contributed by atoms with van der Waals surface area (Å²) in [6.07, 6.45) is 0.312. The van der Waals surface area contributed by atoms with E-state index in [-0.39, 0.29) is 18.3 Å². The fraction of sp³-hybridized carbons (Fsp3) is 0.450. The van der Waals surface area contributed by atoms with Crippen molar-refractivity contribution in [2.75, 3.05) is 26.2 Å². The Morgan fingerprint density at radius 2 is 1.68 bits per heavy atom. The molecule has 1 aliphatic rings. The lowest BCUT2D eigenvalue weighted by Crippen LogP contribution is -2.48. The minimum atomic E-state index is -3.27. The zero-order valence-electron chi connectivity index (χ0n) is 16.2. The highest BCUT2D eigenvalue weighted by Gasteiger charge is 2.22. The molecule has 5 nitrogen and oxygen atoms in total. The number of halogens is 1. The summed E-state index contributed by atoms with van der Waals surface area (Å²) >= 11 is 1.71. The SMILES string of the molecule is CC(C)S(=O)(=O)c1ccc(CC(=O)N2CCN(Cc3ccsc3)CC2)cc1.Cl. The van der Waals surface area contributed by atoms with Gasteiger partial charge in [-0.05, 0) is 53.9 Å². The average molecular weight is 443 g/mol. The van der Waals surface area contributed by atoms with Crippen molar-refractivity contribution in [1.82, 2.24) is 9.80 Å². The second-order valence-corrected chi connectivity index (χ2v) is 10.5. The Hall–Kier alpha value is -1.41. The fourth-order valence-electron chi connectivity index (χ4n) is 3.15. The van der Waals surface area contributed by atoms with Crippen molar-refractivity contribution in [2.45, 2.75) is 37.0 Å². The molecule has 0 saturated carbocycles. The molecule has 0 atom stereocenters. The topological polar surface area (TPSA) is 57.7 Å². The molecule has 1 aromatic heterocycles. The molecule has 1 saturated heterocycles. The number of carbonyl (C=O) groups excluding carboxylic acids is 1. The van der Waals surface area contributed by atoms with E-state index in [2.05, 4.69) is 21.7 Å². The summed E-state index contributed by atoms with van der Waals surface area (Å²) in [6.45, 7) is 7.53. The molecule has 28 heavy (non-hydrogen) atoms. The fourth-order valence-corrected chi connectivity index (χ4v) is 4.87. The van der Waals surface area contributed by atoms with Crippen molar-refractivity contribution in [3.05, 3.63) is 52.2 Å². The maximum Gasteiger partial charge on any atom is 0.227 e. The van der Waals surface area contributed by atoms with Crippen LogP contribution in [0.5, 0.6) is 0 Å². The summed E-state index contributed by atoms with van der Waals surface area (Å²) in [5.74, 6) is 0.102. The minimum Gasteiger partial charge on any atom is -0.340 e. The maximum atomic E-state index is 12.6. The number of piperazine rings is 1. The van der Waals surface area contributed by atoms with Gasteiger partial charge >= 0.3 is 0 Å². The van der Waals surface area contributed by atoms with Gasteiger partial charge in [-0.3, -0.25) is 9.69 Å². The smallest absolute Gasteiger partial charge is 0.227 e. The van der Waals surface area contributed by atoms with E-state index in [1.54, 1.807) is 49.4 Å². The van der Waals surface area contributed by atoms with Gasteiger partial charge in [-0.25, -0.2) is 8.42 Å². The summed E-state index contributed by atoms with van der Waals surface area (Å²) in [7, 11) is -3.27. The van der Waals surface area contributed by atoms with E-state index < -0.39 is 15.1 Å². The number of amides is 1. The van der Waals surface area contributed by atoms with Gasteiger partial charge in [0.25, 0.3) is 0 Å². The molecular formula is C20H27ClN2O3S2. The first-order chi connectivity index (χ1) is 12.9. The zero-order chi connectivity index (χ0) is 19.4. The Morgan fingerprint density at radius 3 is 2.21 bits per heavy atom. The van der Waals surface area contributed by atoms with E-state index in [4.69, 9.17) is 0 Å². The lowest BCUT2D eigenvalue weighted by molar-refractivity contribution is -0.132. The molecule has 1 aliphatic heterocycles. The number of hydrogen-bond acceptors (Lipinski definition) is 5. The van der Waals surface area contributed by atoms with Crippen LogP contribution in [0.1, 0.15) is 25.0 Å². The Morgan fingerprint density at radius 1 is 1.04 bits per heavy atom. The monoisotopic (exact) mass is 442 g/mol. The van der Waals surface area contributed by atoms with Gasteiger partial charge in [0.05, 0.1) is 16.6 Å². The van der Waals surface area contributed by atoms with Gasteiger partial charge in [-0.15, -0.1) is 12.4 Å². The van der Waals surface area contributed by atoms with Gasteiger partial charge < -0.3 is 4.90 Å². The third-order valence-electron chi connectivity index (χ3n) is 4.94. The standard InChI is InChI=1S/C20H26N2O3S2.ClH/c1-16(2)27(24,25)19-5-3-17(4-6-19)13-20(23)22-10-8-21(9-11-22)14-18-7-12-26-15-18;/h3-7,12,15-16H,8-11,13-14H2,1-2H3;1H. The van der Waals surface area contributed by atoms with Crippen molar-refractivity contribution in [3.63, 3.8) is 0 Å². The number of thiophene rings is 1. The molecule has 0 unspecified atom stereocenters. The predicted octanol–water partition coefficient (Wildman–Crippen LogP) is 3.24. The predicted molar refractivity (Wildman–Crippen MR) is 116 cm³/mol. The molecule has 154 valence electrons. The summed E-state index contributed by atoms with van der Waals surface area (Å²) in [4.78, 5) is 17.2. The molecule has 2 heterocycles. The molecule has 0 N–H and O–H groups in total. The first-order valence-electron chi connectivity index (χ1n) is 9.20. The Balaban J connectivity index is 0.00000280. The summed E-state index contributed by atoms with van der Waals surface area (Å²) in [6, 6.07) is 8.86. The third-order valence-corrected chi connectivity index (χ3v) is 7.84. The van der Waals surface area contributed by atoms with Crippen LogP contribution in [0.4, 0.5) is 0 Å². The number of rotatable bonds is 6. The molecule has 3 rings (SSSR count). The zero-order valence-corrected chi connectivity index (χ0v) is 18.7. The first kappa shape index (κ1) is 22.9. The number of sulfone groups is 1. The number of nitrogens with zero attached hydrogens (tertiary/aromatic N) is 2. The van der Waals surface area contributed by atoms with Gasteiger partial charge in [-0.1, -0.05) is 12.1 Å². The van der Waals surface area contributed by atoms with Gasteiger partial charge in [0.1, 0.15) is 0 Å². The normalized spacial score (nSPS) is 15.5.